The molecule has 0 saturated heterocycles. The molecule has 0 aliphatic heterocycles. The predicted molar refractivity (Wildman–Crippen MR) is 92.5 cm³/mol. The van der Waals surface area contributed by atoms with Crippen molar-refractivity contribution in [2.75, 3.05) is 5.32 Å². The molecular weight excluding hydrogens is 319 g/mol. The summed E-state index contributed by atoms with van der Waals surface area (Å²) in [4.78, 5) is 16.9. The number of hydrogen-bond donors (Lipinski definition) is 1. The maximum absolute atomic E-state index is 13.2. The van der Waals surface area contributed by atoms with Crippen LogP contribution in [0.5, 0.6) is 0 Å². The number of hydrogen-bond acceptors (Lipinski definition) is 3. The van der Waals surface area contributed by atoms with Gasteiger partial charge in [0, 0.05) is 17.5 Å². The highest BCUT2D eigenvalue weighted by molar-refractivity contribution is 6.03. The fourth-order valence-corrected chi connectivity index (χ4v) is 3.13. The molecule has 1 N–H and O–H groups in total. The van der Waals surface area contributed by atoms with Crippen LogP contribution in [0, 0.1) is 12.7 Å². The summed E-state index contributed by atoms with van der Waals surface area (Å²) in [6.07, 6.45) is 4.37. The first-order valence-electron chi connectivity index (χ1n) is 8.22. The maximum atomic E-state index is 13.2. The summed E-state index contributed by atoms with van der Waals surface area (Å²) >= 11 is 0. The Morgan fingerprint density at radius 2 is 1.96 bits per heavy atom. The molecule has 0 atom stereocenters. The van der Waals surface area contributed by atoms with Crippen molar-refractivity contribution in [2.45, 2.75) is 26.2 Å². The SMILES string of the molecule is Cc1ccc(NC(=O)c2nn(-c3ccc(F)cc3)c3c2CCC3)nc1. The third-order valence-corrected chi connectivity index (χ3v) is 4.37. The molecule has 0 unspecified atom stereocenters. The second kappa shape index (κ2) is 6.12. The number of halogens is 1. The van der Waals surface area contributed by atoms with Crippen LogP contribution in [0.25, 0.3) is 5.69 Å². The lowest BCUT2D eigenvalue weighted by Gasteiger charge is -2.05. The van der Waals surface area contributed by atoms with Gasteiger partial charge in [-0.25, -0.2) is 14.1 Å². The van der Waals surface area contributed by atoms with Gasteiger partial charge in [-0.1, -0.05) is 6.07 Å². The number of nitrogens with zero attached hydrogens (tertiary/aromatic N) is 3. The number of aromatic nitrogens is 3. The zero-order valence-electron chi connectivity index (χ0n) is 13.8. The molecule has 0 fully saturated rings. The third kappa shape index (κ3) is 2.91. The third-order valence-electron chi connectivity index (χ3n) is 4.37. The average Bonchev–Trinajstić information content (AvgIpc) is 3.20. The van der Waals surface area contributed by atoms with Crippen molar-refractivity contribution in [1.82, 2.24) is 14.8 Å². The van der Waals surface area contributed by atoms with Gasteiger partial charge in [0.1, 0.15) is 11.6 Å². The molecule has 2 aromatic heterocycles. The fourth-order valence-electron chi connectivity index (χ4n) is 3.13. The van der Waals surface area contributed by atoms with Gasteiger partial charge in [-0.05, 0) is 62.1 Å². The molecule has 5 nitrogen and oxygen atoms in total. The molecule has 1 aliphatic carbocycles. The van der Waals surface area contributed by atoms with Crippen molar-refractivity contribution in [2.24, 2.45) is 0 Å². The topological polar surface area (TPSA) is 59.8 Å². The van der Waals surface area contributed by atoms with Crippen LogP contribution in [0.2, 0.25) is 0 Å². The number of fused-ring (bicyclic) bond motifs is 1. The van der Waals surface area contributed by atoms with Crippen molar-refractivity contribution in [3.8, 4) is 5.69 Å². The molecule has 1 aliphatic rings. The van der Waals surface area contributed by atoms with Crippen LogP contribution < -0.4 is 5.32 Å². The van der Waals surface area contributed by atoms with E-state index in [1.165, 1.54) is 12.1 Å². The molecule has 0 bridgehead atoms. The number of aryl methyl sites for hydroxylation is 1. The quantitative estimate of drug-likeness (QED) is 0.797. The molecule has 4 rings (SSSR count). The molecule has 1 amide bonds. The smallest absolute Gasteiger partial charge is 0.277 e. The first-order valence-corrected chi connectivity index (χ1v) is 8.22. The Labute approximate surface area is 144 Å². The number of amides is 1. The molecule has 6 heteroatoms. The van der Waals surface area contributed by atoms with Gasteiger partial charge in [0.25, 0.3) is 5.91 Å². The van der Waals surface area contributed by atoms with Crippen molar-refractivity contribution in [1.29, 1.82) is 0 Å². The average molecular weight is 336 g/mol. The Balaban J connectivity index is 1.68. The molecule has 3 aromatic rings. The second-order valence-corrected chi connectivity index (χ2v) is 6.19. The van der Waals surface area contributed by atoms with Gasteiger partial charge >= 0.3 is 0 Å². The number of benzene rings is 1. The first-order chi connectivity index (χ1) is 12.1. The highest BCUT2D eigenvalue weighted by Crippen LogP contribution is 2.28. The minimum absolute atomic E-state index is 0.268. The van der Waals surface area contributed by atoms with E-state index in [1.54, 1.807) is 29.1 Å². The maximum Gasteiger partial charge on any atom is 0.277 e. The number of pyridine rings is 1. The lowest BCUT2D eigenvalue weighted by Crippen LogP contribution is -2.15. The lowest BCUT2D eigenvalue weighted by molar-refractivity contribution is 0.102. The minimum Gasteiger partial charge on any atom is -0.305 e. The minimum atomic E-state index is -0.295. The van der Waals surface area contributed by atoms with E-state index in [0.29, 0.717) is 11.5 Å². The van der Waals surface area contributed by atoms with E-state index < -0.39 is 0 Å². The lowest BCUT2D eigenvalue weighted by atomic mass is 10.2. The van der Waals surface area contributed by atoms with Crippen molar-refractivity contribution >= 4 is 11.7 Å². The molecule has 0 radical (unpaired) electrons. The number of carbonyl (C=O) groups excluding carboxylic acids is 1. The number of rotatable bonds is 3. The van der Waals surface area contributed by atoms with E-state index in [0.717, 1.165) is 41.8 Å². The van der Waals surface area contributed by atoms with E-state index in [2.05, 4.69) is 15.4 Å². The highest BCUT2D eigenvalue weighted by atomic mass is 19.1. The van der Waals surface area contributed by atoms with Crippen LogP contribution in [-0.2, 0) is 12.8 Å². The highest BCUT2D eigenvalue weighted by Gasteiger charge is 2.27. The Morgan fingerprint density at radius 1 is 1.16 bits per heavy atom. The van der Waals surface area contributed by atoms with Gasteiger partial charge in [0.15, 0.2) is 5.69 Å². The van der Waals surface area contributed by atoms with Crippen LogP contribution in [-0.4, -0.2) is 20.7 Å². The van der Waals surface area contributed by atoms with Crippen LogP contribution >= 0.6 is 0 Å². The summed E-state index contributed by atoms with van der Waals surface area (Å²) < 4.78 is 14.9. The van der Waals surface area contributed by atoms with Crippen molar-refractivity contribution in [3.63, 3.8) is 0 Å². The number of anilines is 1. The van der Waals surface area contributed by atoms with Gasteiger partial charge in [0.2, 0.25) is 0 Å². The fraction of sp³-hybridized carbons (Fsp3) is 0.211. The zero-order valence-corrected chi connectivity index (χ0v) is 13.8. The Morgan fingerprint density at radius 3 is 2.68 bits per heavy atom. The van der Waals surface area contributed by atoms with Gasteiger partial charge < -0.3 is 5.32 Å². The standard InChI is InChI=1S/C19H17FN4O/c1-12-5-10-17(21-11-12)22-19(25)18-15-3-2-4-16(15)24(23-18)14-8-6-13(20)7-9-14/h5-11H,2-4H2,1H3,(H,21,22,25). The molecule has 1 aromatic carbocycles. The van der Waals surface area contributed by atoms with E-state index >= 15 is 0 Å². The molecule has 126 valence electrons. The van der Waals surface area contributed by atoms with Gasteiger partial charge in [0.05, 0.1) is 5.69 Å². The summed E-state index contributed by atoms with van der Waals surface area (Å²) in [7, 11) is 0. The van der Waals surface area contributed by atoms with Crippen LogP contribution in [0.1, 0.15) is 33.7 Å². The molecular formula is C19H17FN4O. The monoisotopic (exact) mass is 336 g/mol. The summed E-state index contributed by atoms with van der Waals surface area (Å²) in [5, 5.41) is 7.30. The van der Waals surface area contributed by atoms with Gasteiger partial charge in [-0.3, -0.25) is 4.79 Å². The van der Waals surface area contributed by atoms with Gasteiger partial charge in [-0.15, -0.1) is 0 Å². The van der Waals surface area contributed by atoms with E-state index in [-0.39, 0.29) is 11.7 Å². The molecule has 0 spiro atoms. The molecule has 25 heavy (non-hydrogen) atoms. The molecule has 2 heterocycles. The predicted octanol–water partition coefficient (Wildman–Crippen LogP) is 3.46. The van der Waals surface area contributed by atoms with Crippen molar-refractivity contribution < 1.29 is 9.18 Å². The summed E-state index contributed by atoms with van der Waals surface area (Å²) in [6.45, 7) is 1.94. The summed E-state index contributed by atoms with van der Waals surface area (Å²) in [5.41, 5.74) is 4.19. The molecule has 0 saturated carbocycles. The Bertz CT molecular complexity index is 929. The van der Waals surface area contributed by atoms with Gasteiger partial charge in [-0.2, -0.15) is 5.10 Å². The Hall–Kier alpha value is -3.02. The van der Waals surface area contributed by atoms with Crippen LogP contribution in [0.3, 0.4) is 0 Å². The largest absolute Gasteiger partial charge is 0.305 e. The number of nitrogens with one attached hydrogen (secondary N) is 1. The Kier molecular flexibility index (Phi) is 3.80. The number of carbonyl (C=O) groups is 1. The van der Waals surface area contributed by atoms with E-state index in [4.69, 9.17) is 0 Å². The first kappa shape index (κ1) is 15.5. The normalized spacial score (nSPS) is 12.9. The zero-order chi connectivity index (χ0) is 17.4. The van der Waals surface area contributed by atoms with Crippen LogP contribution in [0.4, 0.5) is 10.2 Å². The van der Waals surface area contributed by atoms with E-state index in [9.17, 15) is 9.18 Å². The second-order valence-electron chi connectivity index (χ2n) is 6.19. The van der Waals surface area contributed by atoms with Crippen LogP contribution in [0.15, 0.2) is 42.6 Å². The summed E-state index contributed by atoms with van der Waals surface area (Å²) in [5.74, 6) is -0.0648. The summed E-state index contributed by atoms with van der Waals surface area (Å²) in [6, 6.07) is 9.80. The van der Waals surface area contributed by atoms with E-state index in [1.807, 2.05) is 13.0 Å². The van der Waals surface area contributed by atoms with Crippen molar-refractivity contribution in [3.05, 3.63) is 70.9 Å².